The second-order valence-corrected chi connectivity index (χ2v) is 2.35. The minimum atomic E-state index is 0.716. The molecule has 0 aliphatic heterocycles. The van der Waals surface area contributed by atoms with E-state index in [-0.39, 0.29) is 0 Å². The zero-order valence-corrected chi connectivity index (χ0v) is 6.10. The third-order valence-corrected chi connectivity index (χ3v) is 1.27. The summed E-state index contributed by atoms with van der Waals surface area (Å²) in [5.74, 6) is 0. The van der Waals surface area contributed by atoms with Crippen LogP contribution in [0.1, 0.15) is 16.7 Å². The molecule has 0 N–H and O–H groups in total. The van der Waals surface area contributed by atoms with Crippen LogP contribution in [0, 0.1) is 31.2 Å². The maximum absolute atomic E-state index is 8.52. The molecule has 0 heterocycles. The Balaban J connectivity index is 3.22. The summed E-state index contributed by atoms with van der Waals surface area (Å²) in [6, 6.07) is 8.84. The molecule has 1 radical (unpaired) electrons. The average molecular weight is 130 g/mol. The van der Waals surface area contributed by atoms with Gasteiger partial charge in [-0.25, -0.2) is 0 Å². The third kappa shape index (κ3) is 1.35. The first kappa shape index (κ1) is 6.82. The zero-order chi connectivity index (χ0) is 7.56. The van der Waals surface area contributed by atoms with Gasteiger partial charge in [-0.05, 0) is 43.2 Å². The van der Waals surface area contributed by atoms with E-state index in [1.165, 1.54) is 0 Å². The van der Waals surface area contributed by atoms with E-state index in [1.807, 2.05) is 26.0 Å². The highest BCUT2D eigenvalue weighted by atomic mass is 14.2. The van der Waals surface area contributed by atoms with E-state index >= 15 is 0 Å². The Morgan fingerprint density at radius 2 is 1.80 bits per heavy atom. The van der Waals surface area contributed by atoms with Gasteiger partial charge in [-0.3, -0.25) is 0 Å². The van der Waals surface area contributed by atoms with Crippen LogP contribution in [0.15, 0.2) is 12.1 Å². The van der Waals surface area contributed by atoms with Gasteiger partial charge in [0.25, 0.3) is 0 Å². The monoisotopic (exact) mass is 130 g/mol. The molecule has 0 fully saturated rings. The van der Waals surface area contributed by atoms with Crippen molar-refractivity contribution in [3.05, 3.63) is 34.9 Å². The van der Waals surface area contributed by atoms with E-state index in [0.717, 1.165) is 11.1 Å². The lowest BCUT2D eigenvalue weighted by atomic mass is 10.1. The molecule has 0 spiro atoms. The molecular weight excluding hydrogens is 122 g/mol. The Bertz CT molecular complexity index is 261. The second kappa shape index (κ2) is 2.53. The molecule has 1 nitrogen and oxygen atoms in total. The molecule has 1 aromatic carbocycles. The van der Waals surface area contributed by atoms with Crippen LogP contribution in [0.25, 0.3) is 0 Å². The molecule has 49 valence electrons. The van der Waals surface area contributed by atoms with Crippen molar-refractivity contribution in [2.45, 2.75) is 13.8 Å². The summed E-state index contributed by atoms with van der Waals surface area (Å²) in [5.41, 5.74) is 2.77. The Labute approximate surface area is 60.9 Å². The minimum Gasteiger partial charge on any atom is -0.192 e. The Kier molecular flexibility index (Phi) is 1.73. The number of nitrogens with zero attached hydrogens (tertiary/aromatic N) is 1. The van der Waals surface area contributed by atoms with Gasteiger partial charge in [-0.1, -0.05) is 0 Å². The SMILES string of the molecule is Cc1[c]c(C)cc(C#N)c1. The lowest BCUT2D eigenvalue weighted by Gasteiger charge is -1.94. The van der Waals surface area contributed by atoms with Gasteiger partial charge in [-0.15, -0.1) is 0 Å². The number of rotatable bonds is 0. The smallest absolute Gasteiger partial charge is 0.0991 e. The topological polar surface area (TPSA) is 23.8 Å². The molecule has 0 aliphatic carbocycles. The predicted molar refractivity (Wildman–Crippen MR) is 39.5 cm³/mol. The van der Waals surface area contributed by atoms with Crippen LogP contribution in [0.4, 0.5) is 0 Å². The molecule has 1 rings (SSSR count). The van der Waals surface area contributed by atoms with Gasteiger partial charge < -0.3 is 0 Å². The lowest BCUT2D eigenvalue weighted by molar-refractivity contribution is 1.34. The molecule has 0 atom stereocenters. The number of hydrogen-bond donors (Lipinski definition) is 0. The summed E-state index contributed by atoms with van der Waals surface area (Å²) in [6.45, 7) is 3.88. The van der Waals surface area contributed by atoms with Gasteiger partial charge in [0, 0.05) is 0 Å². The minimum absolute atomic E-state index is 0.716. The van der Waals surface area contributed by atoms with E-state index in [2.05, 4.69) is 12.1 Å². The molecular formula is C9H8N. The Morgan fingerprint density at radius 3 is 2.20 bits per heavy atom. The maximum atomic E-state index is 8.52. The summed E-state index contributed by atoms with van der Waals surface area (Å²) in [5, 5.41) is 8.52. The summed E-state index contributed by atoms with van der Waals surface area (Å²) >= 11 is 0. The van der Waals surface area contributed by atoms with Gasteiger partial charge in [-0.2, -0.15) is 5.26 Å². The van der Waals surface area contributed by atoms with Crippen LogP contribution in [0.3, 0.4) is 0 Å². The van der Waals surface area contributed by atoms with Crippen molar-refractivity contribution in [1.29, 1.82) is 5.26 Å². The number of benzene rings is 1. The standard InChI is InChI=1S/C9H8N/c1-7-3-8(2)5-9(4-7)6-10/h4-5H,1-2H3. The van der Waals surface area contributed by atoms with Crippen molar-refractivity contribution in [2.24, 2.45) is 0 Å². The first-order valence-corrected chi connectivity index (χ1v) is 3.13. The largest absolute Gasteiger partial charge is 0.192 e. The molecule has 0 saturated heterocycles. The molecule has 0 amide bonds. The highest BCUT2D eigenvalue weighted by molar-refractivity contribution is 5.35. The van der Waals surface area contributed by atoms with Gasteiger partial charge >= 0.3 is 0 Å². The summed E-state index contributed by atoms with van der Waals surface area (Å²) in [6.07, 6.45) is 0. The van der Waals surface area contributed by atoms with Crippen molar-refractivity contribution in [1.82, 2.24) is 0 Å². The molecule has 0 aromatic heterocycles. The third-order valence-electron chi connectivity index (χ3n) is 1.27. The first-order chi connectivity index (χ1) is 4.72. The van der Waals surface area contributed by atoms with E-state index in [0.29, 0.717) is 5.56 Å². The van der Waals surface area contributed by atoms with Crippen LogP contribution in [-0.4, -0.2) is 0 Å². The summed E-state index contributed by atoms with van der Waals surface area (Å²) in [7, 11) is 0. The average Bonchev–Trinajstić information content (AvgIpc) is 1.85. The van der Waals surface area contributed by atoms with Crippen molar-refractivity contribution in [3.63, 3.8) is 0 Å². The van der Waals surface area contributed by atoms with E-state index in [1.54, 1.807) is 0 Å². The maximum Gasteiger partial charge on any atom is 0.0991 e. The molecule has 1 heteroatoms. The van der Waals surface area contributed by atoms with E-state index in [4.69, 9.17) is 5.26 Å². The zero-order valence-electron chi connectivity index (χ0n) is 6.10. The van der Waals surface area contributed by atoms with Gasteiger partial charge in [0.1, 0.15) is 0 Å². The van der Waals surface area contributed by atoms with Crippen molar-refractivity contribution in [3.8, 4) is 6.07 Å². The van der Waals surface area contributed by atoms with Crippen LogP contribution >= 0.6 is 0 Å². The number of nitriles is 1. The molecule has 1 aromatic rings. The molecule has 10 heavy (non-hydrogen) atoms. The summed E-state index contributed by atoms with van der Waals surface area (Å²) < 4.78 is 0. The quantitative estimate of drug-likeness (QED) is 0.526. The predicted octanol–water partition coefficient (Wildman–Crippen LogP) is 1.98. The van der Waals surface area contributed by atoms with Gasteiger partial charge in [0.15, 0.2) is 0 Å². The Morgan fingerprint density at radius 1 is 1.30 bits per heavy atom. The van der Waals surface area contributed by atoms with E-state index in [9.17, 15) is 0 Å². The normalized spacial score (nSPS) is 8.90. The van der Waals surface area contributed by atoms with Crippen LogP contribution in [0.2, 0.25) is 0 Å². The van der Waals surface area contributed by atoms with Crippen LogP contribution in [0.5, 0.6) is 0 Å². The molecule has 0 saturated carbocycles. The lowest BCUT2D eigenvalue weighted by Crippen LogP contribution is -1.80. The second-order valence-electron chi connectivity index (χ2n) is 2.35. The highest BCUT2D eigenvalue weighted by Crippen LogP contribution is 2.05. The van der Waals surface area contributed by atoms with Crippen LogP contribution < -0.4 is 0 Å². The van der Waals surface area contributed by atoms with Crippen molar-refractivity contribution >= 4 is 0 Å². The van der Waals surface area contributed by atoms with Crippen LogP contribution in [-0.2, 0) is 0 Å². The number of aryl methyl sites for hydroxylation is 2. The molecule has 0 bridgehead atoms. The fourth-order valence-electron chi connectivity index (χ4n) is 0.956. The first-order valence-electron chi connectivity index (χ1n) is 3.13. The Hall–Kier alpha value is -1.29. The van der Waals surface area contributed by atoms with Gasteiger partial charge in [0.05, 0.1) is 11.6 Å². The fraction of sp³-hybridized carbons (Fsp3) is 0.222. The molecule has 0 aliphatic rings. The fourth-order valence-corrected chi connectivity index (χ4v) is 0.956. The summed E-state index contributed by atoms with van der Waals surface area (Å²) in [4.78, 5) is 0. The number of hydrogen-bond acceptors (Lipinski definition) is 1. The van der Waals surface area contributed by atoms with Crippen molar-refractivity contribution < 1.29 is 0 Å². The van der Waals surface area contributed by atoms with Gasteiger partial charge in [0.2, 0.25) is 0 Å². The molecule has 0 unspecified atom stereocenters. The van der Waals surface area contributed by atoms with E-state index < -0.39 is 0 Å². The highest BCUT2D eigenvalue weighted by Gasteiger charge is 1.92. The van der Waals surface area contributed by atoms with Crippen molar-refractivity contribution in [2.75, 3.05) is 0 Å².